The Morgan fingerprint density at radius 3 is 2.68 bits per heavy atom. The van der Waals surface area contributed by atoms with Crippen molar-refractivity contribution in [2.24, 2.45) is 5.92 Å². The number of morpholine rings is 1. The highest BCUT2D eigenvalue weighted by Crippen LogP contribution is 2.39. The second-order valence-corrected chi connectivity index (χ2v) is 10.6. The largest absolute Gasteiger partial charge is 0.474 e. The van der Waals surface area contributed by atoms with E-state index in [0.29, 0.717) is 29.5 Å². The van der Waals surface area contributed by atoms with Crippen molar-refractivity contribution < 1.29 is 19.1 Å². The molecule has 3 aromatic heterocycles. The fraction of sp³-hybridized carbons (Fsp3) is 0.625. The van der Waals surface area contributed by atoms with Crippen molar-refractivity contribution in [3.63, 3.8) is 0 Å². The van der Waals surface area contributed by atoms with E-state index in [2.05, 4.69) is 29.2 Å². The zero-order chi connectivity index (χ0) is 23.5. The molecule has 0 spiro atoms. The van der Waals surface area contributed by atoms with Crippen molar-refractivity contribution in [1.29, 1.82) is 0 Å². The molecule has 10 heteroatoms. The molecule has 1 aliphatic heterocycles. The van der Waals surface area contributed by atoms with Gasteiger partial charge in [-0.3, -0.25) is 4.90 Å². The third kappa shape index (κ3) is 5.19. The number of ether oxygens (including phenoxy) is 2. The summed E-state index contributed by atoms with van der Waals surface area (Å²) >= 11 is 1.51. The third-order valence-corrected chi connectivity index (χ3v) is 7.74. The number of aliphatic hydroxyl groups is 1. The van der Waals surface area contributed by atoms with Gasteiger partial charge in [-0.05, 0) is 43.6 Å². The van der Waals surface area contributed by atoms with E-state index in [9.17, 15) is 5.11 Å². The van der Waals surface area contributed by atoms with Gasteiger partial charge in [0.25, 0.3) is 0 Å². The number of fused-ring (bicyclic) bond motifs is 1. The summed E-state index contributed by atoms with van der Waals surface area (Å²) in [5, 5.41) is 17.9. The second kappa shape index (κ2) is 10.6. The van der Waals surface area contributed by atoms with Crippen LogP contribution in [-0.4, -0.2) is 63.6 Å². The molecule has 0 bridgehead atoms. The predicted molar refractivity (Wildman–Crippen MR) is 131 cm³/mol. The van der Waals surface area contributed by atoms with E-state index in [1.54, 1.807) is 6.20 Å². The third-order valence-electron chi connectivity index (χ3n) is 6.63. The zero-order valence-electron chi connectivity index (χ0n) is 19.8. The molecule has 1 saturated carbocycles. The number of aliphatic hydroxyl groups excluding tert-OH is 1. The summed E-state index contributed by atoms with van der Waals surface area (Å²) in [4.78, 5) is 13.8. The van der Waals surface area contributed by atoms with Crippen LogP contribution in [0.3, 0.4) is 0 Å². The molecule has 0 unspecified atom stereocenters. The Morgan fingerprint density at radius 1 is 1.21 bits per heavy atom. The molecular formula is C24H33N5O4S. The molecule has 0 radical (unpaired) electrons. The van der Waals surface area contributed by atoms with Crippen LogP contribution >= 0.6 is 11.3 Å². The fourth-order valence-electron chi connectivity index (χ4n) is 4.99. The van der Waals surface area contributed by atoms with Gasteiger partial charge in [-0.15, -0.1) is 11.3 Å². The molecule has 2 fully saturated rings. The lowest BCUT2D eigenvalue weighted by molar-refractivity contribution is -0.00125. The Balaban J connectivity index is 1.41. The standard InChI is InChI=1S/C24H33N5O4S/c1-15(2)11-19-20(13-30)34-23-21(19)22(27-24(28-23)26-16-12-25-32-14-16)33-18-5-3-17(4-6-18)29-7-9-31-10-8-29/h12,14-15,17-18,30H,3-11,13H2,1-2H3,(H,26,27,28). The van der Waals surface area contributed by atoms with Crippen molar-refractivity contribution in [3.05, 3.63) is 22.9 Å². The molecule has 9 nitrogen and oxygen atoms in total. The summed E-state index contributed by atoms with van der Waals surface area (Å²) in [6.07, 6.45) is 8.29. The fourth-order valence-corrected chi connectivity index (χ4v) is 6.04. The molecule has 4 heterocycles. The first-order valence-corrected chi connectivity index (χ1v) is 13.0. The van der Waals surface area contributed by atoms with E-state index >= 15 is 0 Å². The van der Waals surface area contributed by atoms with E-state index in [1.165, 1.54) is 17.6 Å². The van der Waals surface area contributed by atoms with Gasteiger partial charge in [-0.25, -0.2) is 4.98 Å². The quantitative estimate of drug-likeness (QED) is 0.485. The van der Waals surface area contributed by atoms with Crippen molar-refractivity contribution in [2.45, 2.75) is 64.7 Å². The van der Waals surface area contributed by atoms with E-state index in [-0.39, 0.29) is 12.7 Å². The zero-order valence-corrected chi connectivity index (χ0v) is 20.6. The highest BCUT2D eigenvalue weighted by atomic mass is 32.1. The van der Waals surface area contributed by atoms with Crippen LogP contribution in [0.2, 0.25) is 0 Å². The summed E-state index contributed by atoms with van der Waals surface area (Å²) < 4.78 is 17.0. The molecule has 184 valence electrons. The first-order chi connectivity index (χ1) is 16.6. The summed E-state index contributed by atoms with van der Waals surface area (Å²) in [6, 6.07) is 0.610. The summed E-state index contributed by atoms with van der Waals surface area (Å²) in [7, 11) is 0. The van der Waals surface area contributed by atoms with Gasteiger partial charge in [-0.1, -0.05) is 19.0 Å². The Bertz CT molecular complexity index is 1070. The van der Waals surface area contributed by atoms with Crippen LogP contribution in [-0.2, 0) is 17.8 Å². The summed E-state index contributed by atoms with van der Waals surface area (Å²) in [6.45, 7) is 8.07. The Labute approximate surface area is 203 Å². The lowest BCUT2D eigenvalue weighted by atomic mass is 9.91. The van der Waals surface area contributed by atoms with Gasteiger partial charge in [0.15, 0.2) is 0 Å². The van der Waals surface area contributed by atoms with Crippen LogP contribution in [0.15, 0.2) is 17.0 Å². The predicted octanol–water partition coefficient (Wildman–Crippen LogP) is 4.14. The van der Waals surface area contributed by atoms with Gasteiger partial charge in [0, 0.05) is 24.0 Å². The molecule has 5 rings (SSSR count). The number of rotatable bonds is 8. The number of hydrogen-bond acceptors (Lipinski definition) is 10. The molecule has 2 N–H and O–H groups in total. The molecule has 0 atom stereocenters. The summed E-state index contributed by atoms with van der Waals surface area (Å²) in [5.41, 5.74) is 1.78. The van der Waals surface area contributed by atoms with Crippen LogP contribution in [0.5, 0.6) is 5.88 Å². The molecule has 1 aliphatic carbocycles. The minimum absolute atomic E-state index is 0.0123. The monoisotopic (exact) mass is 487 g/mol. The lowest BCUT2D eigenvalue weighted by Gasteiger charge is -2.38. The highest BCUT2D eigenvalue weighted by Gasteiger charge is 2.29. The maximum absolute atomic E-state index is 10.0. The molecular weight excluding hydrogens is 454 g/mol. The van der Waals surface area contributed by atoms with Crippen molar-refractivity contribution in [3.8, 4) is 5.88 Å². The van der Waals surface area contributed by atoms with Gasteiger partial charge in [0.05, 0.1) is 31.4 Å². The normalized spacial score (nSPS) is 21.9. The van der Waals surface area contributed by atoms with Gasteiger partial charge in [-0.2, -0.15) is 4.98 Å². The van der Waals surface area contributed by atoms with Gasteiger partial charge in [0.1, 0.15) is 22.9 Å². The van der Waals surface area contributed by atoms with Crippen LogP contribution in [0.1, 0.15) is 50.0 Å². The molecule has 2 aliphatic rings. The number of nitrogens with one attached hydrogen (secondary N) is 1. The summed E-state index contributed by atoms with van der Waals surface area (Å²) in [5.74, 6) is 1.48. The smallest absolute Gasteiger partial charge is 0.232 e. The molecule has 0 aromatic carbocycles. The van der Waals surface area contributed by atoms with E-state index < -0.39 is 0 Å². The van der Waals surface area contributed by atoms with Gasteiger partial charge >= 0.3 is 0 Å². The lowest BCUT2D eigenvalue weighted by Crippen LogP contribution is -2.46. The molecule has 34 heavy (non-hydrogen) atoms. The van der Waals surface area contributed by atoms with Crippen LogP contribution in [0.25, 0.3) is 10.2 Å². The van der Waals surface area contributed by atoms with E-state index in [0.717, 1.165) is 79.1 Å². The maximum Gasteiger partial charge on any atom is 0.232 e. The van der Waals surface area contributed by atoms with Gasteiger partial charge in [0.2, 0.25) is 11.8 Å². The second-order valence-electron chi connectivity index (χ2n) is 9.53. The molecule has 0 amide bonds. The number of aromatic nitrogens is 3. The topological polar surface area (TPSA) is 106 Å². The minimum atomic E-state index is -0.0123. The van der Waals surface area contributed by atoms with Crippen molar-refractivity contribution in [1.82, 2.24) is 20.0 Å². The molecule has 3 aromatic rings. The first kappa shape index (κ1) is 23.5. The minimum Gasteiger partial charge on any atom is -0.474 e. The Hall–Kier alpha value is -2.27. The van der Waals surface area contributed by atoms with Crippen molar-refractivity contribution in [2.75, 3.05) is 31.6 Å². The number of thiophene rings is 1. The van der Waals surface area contributed by atoms with Crippen LogP contribution in [0.4, 0.5) is 11.6 Å². The Kier molecular flexibility index (Phi) is 7.29. The average Bonchev–Trinajstić information content (AvgIpc) is 3.47. The van der Waals surface area contributed by atoms with Gasteiger partial charge < -0.3 is 24.4 Å². The van der Waals surface area contributed by atoms with Crippen LogP contribution in [0, 0.1) is 5.92 Å². The SMILES string of the molecule is CC(C)Cc1c(CO)sc2nc(Nc3cnoc3)nc(OC3CCC(N4CCOCC4)CC3)c12. The number of hydrogen-bond donors (Lipinski definition) is 2. The van der Waals surface area contributed by atoms with Crippen LogP contribution < -0.4 is 10.1 Å². The maximum atomic E-state index is 10.0. The number of nitrogens with zero attached hydrogens (tertiary/aromatic N) is 4. The van der Waals surface area contributed by atoms with E-state index in [1.807, 2.05) is 0 Å². The first-order valence-electron chi connectivity index (χ1n) is 12.2. The Morgan fingerprint density at radius 2 is 2.00 bits per heavy atom. The highest BCUT2D eigenvalue weighted by molar-refractivity contribution is 7.18. The average molecular weight is 488 g/mol. The van der Waals surface area contributed by atoms with E-state index in [4.69, 9.17) is 24.0 Å². The number of anilines is 2. The molecule has 1 saturated heterocycles. The van der Waals surface area contributed by atoms with Crippen molar-refractivity contribution >= 4 is 33.2 Å².